The molecule has 2 aromatic carbocycles. The highest BCUT2D eigenvalue weighted by Gasteiger charge is 2.10. The molecule has 0 fully saturated rings. The maximum absolute atomic E-state index is 13.6. The normalized spacial score (nSPS) is 11.1. The van der Waals surface area contributed by atoms with Gasteiger partial charge in [0.25, 0.3) is 0 Å². The summed E-state index contributed by atoms with van der Waals surface area (Å²) in [7, 11) is 1.42. The number of hydrazone groups is 1. The molecule has 0 spiro atoms. The fourth-order valence-corrected chi connectivity index (χ4v) is 1.94. The zero-order valence-corrected chi connectivity index (χ0v) is 13.5. The lowest BCUT2D eigenvalue weighted by atomic mass is 10.1. The van der Waals surface area contributed by atoms with Gasteiger partial charge in [-0.3, -0.25) is 5.43 Å². The van der Waals surface area contributed by atoms with Crippen molar-refractivity contribution in [2.24, 2.45) is 5.10 Å². The first-order valence-corrected chi connectivity index (χ1v) is 7.19. The Bertz CT molecular complexity index is 809. The summed E-state index contributed by atoms with van der Waals surface area (Å²) in [5, 5.41) is 12.7. The Hall–Kier alpha value is -3.16. The van der Waals surface area contributed by atoms with Gasteiger partial charge in [-0.2, -0.15) is 5.10 Å². The predicted octanol–water partition coefficient (Wildman–Crippen LogP) is 3.27. The van der Waals surface area contributed by atoms with Crippen LogP contribution < -0.4 is 14.9 Å². The molecule has 2 N–H and O–H groups in total. The van der Waals surface area contributed by atoms with E-state index in [2.05, 4.69) is 10.5 Å². The molecule has 0 bridgehead atoms. The van der Waals surface area contributed by atoms with Crippen LogP contribution in [0, 0.1) is 11.6 Å². The van der Waals surface area contributed by atoms with Crippen LogP contribution in [0.15, 0.2) is 41.5 Å². The summed E-state index contributed by atoms with van der Waals surface area (Å²) >= 11 is 0. The van der Waals surface area contributed by atoms with E-state index < -0.39 is 24.2 Å². The number of carbonyl (C=O) groups is 1. The number of aliphatic carboxylic acids is 1. The average molecular weight is 350 g/mol. The quantitative estimate of drug-likeness (QED) is 0.592. The van der Waals surface area contributed by atoms with Crippen molar-refractivity contribution in [3.8, 4) is 11.5 Å². The zero-order chi connectivity index (χ0) is 18.4. The second-order valence-corrected chi connectivity index (χ2v) is 4.98. The van der Waals surface area contributed by atoms with Gasteiger partial charge in [0.05, 0.1) is 18.5 Å². The Labute approximate surface area is 142 Å². The fourth-order valence-electron chi connectivity index (χ4n) is 1.94. The number of hydrogen-bond acceptors (Lipinski definition) is 5. The van der Waals surface area contributed by atoms with Crippen LogP contribution in [0.1, 0.15) is 12.5 Å². The number of hydrogen-bond donors (Lipinski definition) is 2. The smallest absolute Gasteiger partial charge is 0.341 e. The molecule has 0 aliphatic rings. The van der Waals surface area contributed by atoms with Crippen LogP contribution in [0.3, 0.4) is 0 Å². The van der Waals surface area contributed by atoms with Gasteiger partial charge < -0.3 is 14.6 Å². The molecular formula is C17H16F2N2O4. The van der Waals surface area contributed by atoms with Crippen molar-refractivity contribution in [2.45, 2.75) is 6.92 Å². The molecule has 0 saturated heterocycles. The molecule has 2 aromatic rings. The predicted molar refractivity (Wildman–Crippen MR) is 88.3 cm³/mol. The van der Waals surface area contributed by atoms with E-state index in [1.165, 1.54) is 13.2 Å². The maximum atomic E-state index is 13.6. The first-order valence-electron chi connectivity index (χ1n) is 7.19. The highest BCUT2D eigenvalue weighted by molar-refractivity contribution is 5.99. The molecule has 0 atom stereocenters. The third-order valence-electron chi connectivity index (χ3n) is 3.21. The highest BCUT2D eigenvalue weighted by Crippen LogP contribution is 2.28. The van der Waals surface area contributed by atoms with Crippen LogP contribution in [0.4, 0.5) is 14.5 Å². The van der Waals surface area contributed by atoms with E-state index in [-0.39, 0.29) is 11.4 Å². The second-order valence-electron chi connectivity index (χ2n) is 4.98. The minimum absolute atomic E-state index is 0.0362. The summed E-state index contributed by atoms with van der Waals surface area (Å²) < 4.78 is 36.7. The Morgan fingerprint density at radius 2 is 1.96 bits per heavy atom. The van der Waals surface area contributed by atoms with Crippen molar-refractivity contribution < 1.29 is 28.2 Å². The monoisotopic (exact) mass is 350 g/mol. The molecule has 25 heavy (non-hydrogen) atoms. The molecule has 0 saturated carbocycles. The number of carboxylic acids is 1. The van der Waals surface area contributed by atoms with E-state index in [0.717, 1.165) is 12.1 Å². The number of anilines is 1. The molecule has 0 aliphatic heterocycles. The lowest BCUT2D eigenvalue weighted by Gasteiger charge is -2.11. The van der Waals surface area contributed by atoms with Gasteiger partial charge in [-0.15, -0.1) is 0 Å². The van der Waals surface area contributed by atoms with Gasteiger partial charge in [0, 0.05) is 11.6 Å². The molecular weight excluding hydrogens is 334 g/mol. The number of nitrogens with zero attached hydrogens (tertiary/aromatic N) is 1. The zero-order valence-electron chi connectivity index (χ0n) is 13.5. The van der Waals surface area contributed by atoms with E-state index >= 15 is 0 Å². The molecule has 0 aliphatic carbocycles. The van der Waals surface area contributed by atoms with E-state index in [0.29, 0.717) is 17.0 Å². The minimum Gasteiger partial charge on any atom is -0.493 e. The SMILES string of the molecule is COc1cc(/C(C)=N\Nc2ccc(F)cc2F)ccc1OCC(=O)O. The van der Waals surface area contributed by atoms with Crippen molar-refractivity contribution in [3.05, 3.63) is 53.6 Å². The van der Waals surface area contributed by atoms with E-state index in [4.69, 9.17) is 14.6 Å². The van der Waals surface area contributed by atoms with Crippen molar-refractivity contribution in [2.75, 3.05) is 19.1 Å². The summed E-state index contributed by atoms with van der Waals surface area (Å²) in [6, 6.07) is 7.93. The number of halogens is 2. The van der Waals surface area contributed by atoms with Crippen molar-refractivity contribution in [1.82, 2.24) is 0 Å². The lowest BCUT2D eigenvalue weighted by molar-refractivity contribution is -0.139. The van der Waals surface area contributed by atoms with Crippen LogP contribution in [0.25, 0.3) is 0 Å². The molecule has 0 aromatic heterocycles. The molecule has 0 heterocycles. The van der Waals surface area contributed by atoms with Gasteiger partial charge in [0.15, 0.2) is 23.9 Å². The number of carboxylic acid groups (broad SMARTS) is 1. The van der Waals surface area contributed by atoms with Gasteiger partial charge >= 0.3 is 5.97 Å². The summed E-state index contributed by atoms with van der Waals surface area (Å²) in [5.74, 6) is -1.92. The standard InChI is InChI=1S/C17H16F2N2O4/c1-10(20-21-14-5-4-12(18)8-13(14)19)11-3-6-15(16(7-11)24-2)25-9-17(22)23/h3-8,21H,9H2,1-2H3,(H,22,23)/b20-10-. The Kier molecular flexibility index (Phi) is 5.89. The first kappa shape index (κ1) is 18.2. The number of methoxy groups -OCH3 is 1. The van der Waals surface area contributed by atoms with Gasteiger partial charge in [-0.1, -0.05) is 0 Å². The van der Waals surface area contributed by atoms with Gasteiger partial charge in [-0.05, 0) is 37.3 Å². The largest absolute Gasteiger partial charge is 0.493 e. The van der Waals surface area contributed by atoms with Crippen LogP contribution in [-0.4, -0.2) is 30.5 Å². The second kappa shape index (κ2) is 8.09. The molecule has 0 radical (unpaired) electrons. The van der Waals surface area contributed by atoms with E-state index in [1.807, 2.05) is 0 Å². The molecule has 0 amide bonds. The van der Waals surface area contributed by atoms with Crippen molar-refractivity contribution in [3.63, 3.8) is 0 Å². The van der Waals surface area contributed by atoms with E-state index in [1.54, 1.807) is 25.1 Å². The number of rotatable bonds is 7. The maximum Gasteiger partial charge on any atom is 0.341 e. The lowest BCUT2D eigenvalue weighted by Crippen LogP contribution is -2.10. The number of benzene rings is 2. The topological polar surface area (TPSA) is 80.1 Å². The summed E-state index contributed by atoms with van der Waals surface area (Å²) in [5.41, 5.74) is 3.72. The average Bonchev–Trinajstić information content (AvgIpc) is 2.58. The van der Waals surface area contributed by atoms with Crippen LogP contribution in [0.2, 0.25) is 0 Å². The summed E-state index contributed by atoms with van der Waals surface area (Å²) in [6.07, 6.45) is 0. The van der Waals surface area contributed by atoms with Crippen LogP contribution >= 0.6 is 0 Å². The Morgan fingerprint density at radius 1 is 1.20 bits per heavy atom. The molecule has 132 valence electrons. The van der Waals surface area contributed by atoms with Crippen LogP contribution in [0.5, 0.6) is 11.5 Å². The molecule has 0 unspecified atom stereocenters. The first-order chi connectivity index (χ1) is 11.9. The Balaban J connectivity index is 2.17. The number of nitrogens with one attached hydrogen (secondary N) is 1. The highest BCUT2D eigenvalue weighted by atomic mass is 19.1. The molecule has 6 nitrogen and oxygen atoms in total. The molecule has 2 rings (SSSR count). The fraction of sp³-hybridized carbons (Fsp3) is 0.176. The van der Waals surface area contributed by atoms with E-state index in [9.17, 15) is 13.6 Å². The van der Waals surface area contributed by atoms with Gasteiger partial charge in [0.1, 0.15) is 5.82 Å². The third kappa shape index (κ3) is 4.90. The van der Waals surface area contributed by atoms with Gasteiger partial charge in [-0.25, -0.2) is 13.6 Å². The van der Waals surface area contributed by atoms with Crippen molar-refractivity contribution in [1.29, 1.82) is 0 Å². The van der Waals surface area contributed by atoms with Crippen molar-refractivity contribution >= 4 is 17.4 Å². The number of ether oxygens (including phenoxy) is 2. The minimum atomic E-state index is -1.10. The molecule has 8 heteroatoms. The summed E-state index contributed by atoms with van der Waals surface area (Å²) in [6.45, 7) is 1.19. The van der Waals surface area contributed by atoms with Gasteiger partial charge in [0.2, 0.25) is 0 Å². The van der Waals surface area contributed by atoms with Crippen LogP contribution in [-0.2, 0) is 4.79 Å². The third-order valence-corrected chi connectivity index (χ3v) is 3.21. The Morgan fingerprint density at radius 3 is 2.60 bits per heavy atom. The summed E-state index contributed by atoms with van der Waals surface area (Å²) in [4.78, 5) is 10.6.